The van der Waals surface area contributed by atoms with Crippen molar-refractivity contribution in [2.75, 3.05) is 33.3 Å². The molecule has 2 N–H and O–H groups in total. The average Bonchev–Trinajstić information content (AvgIpc) is 2.34. The van der Waals surface area contributed by atoms with E-state index in [0.717, 1.165) is 38.2 Å². The molecule has 0 heterocycles. The molecule has 0 aromatic heterocycles. The molecule has 0 aliphatic carbocycles. The number of nitrogens with zero attached hydrogens (tertiary/aromatic N) is 1. The van der Waals surface area contributed by atoms with Gasteiger partial charge < -0.3 is 15.4 Å². The van der Waals surface area contributed by atoms with Crippen LogP contribution in [-0.4, -0.2) is 38.2 Å². The van der Waals surface area contributed by atoms with Gasteiger partial charge in [-0.1, -0.05) is 0 Å². The number of hydrogen-bond acceptors (Lipinski definition) is 3. The van der Waals surface area contributed by atoms with Crippen molar-refractivity contribution in [3.63, 3.8) is 0 Å². The van der Waals surface area contributed by atoms with Crippen LogP contribution in [0.15, 0.2) is 24.3 Å². The van der Waals surface area contributed by atoms with Gasteiger partial charge in [-0.15, -0.1) is 0 Å². The Morgan fingerprint density at radius 3 is 2.47 bits per heavy atom. The Morgan fingerprint density at radius 1 is 1.18 bits per heavy atom. The van der Waals surface area contributed by atoms with Crippen molar-refractivity contribution in [2.45, 2.75) is 12.8 Å². The maximum atomic E-state index is 12.6. The monoisotopic (exact) mass is 240 g/mol. The van der Waals surface area contributed by atoms with Crippen LogP contribution in [0.5, 0.6) is 5.75 Å². The van der Waals surface area contributed by atoms with Crippen LogP contribution >= 0.6 is 0 Å². The zero-order valence-electron chi connectivity index (χ0n) is 10.4. The minimum atomic E-state index is -0.237. The van der Waals surface area contributed by atoms with E-state index in [1.807, 2.05) is 0 Å². The molecule has 1 rings (SSSR count). The van der Waals surface area contributed by atoms with Gasteiger partial charge in [-0.3, -0.25) is 0 Å². The zero-order chi connectivity index (χ0) is 12.5. The fourth-order valence-electron chi connectivity index (χ4n) is 1.53. The number of ether oxygens (including phenoxy) is 1. The van der Waals surface area contributed by atoms with Crippen LogP contribution in [0.4, 0.5) is 4.39 Å². The fourth-order valence-corrected chi connectivity index (χ4v) is 1.53. The number of hydrogen-bond donors (Lipinski definition) is 1. The molecule has 0 spiro atoms. The van der Waals surface area contributed by atoms with E-state index in [-0.39, 0.29) is 5.82 Å². The Balaban J connectivity index is 2.09. The van der Waals surface area contributed by atoms with Gasteiger partial charge in [0.1, 0.15) is 11.6 Å². The molecule has 1 aromatic carbocycles. The summed E-state index contributed by atoms with van der Waals surface area (Å²) in [5.74, 6) is 0.481. The Kier molecular flexibility index (Phi) is 6.58. The number of halogens is 1. The van der Waals surface area contributed by atoms with Crippen molar-refractivity contribution < 1.29 is 9.13 Å². The van der Waals surface area contributed by atoms with Crippen LogP contribution in [0.1, 0.15) is 12.8 Å². The maximum Gasteiger partial charge on any atom is 0.123 e. The highest BCUT2D eigenvalue weighted by molar-refractivity contribution is 5.21. The molecule has 3 nitrogen and oxygen atoms in total. The fraction of sp³-hybridized carbons (Fsp3) is 0.538. The largest absolute Gasteiger partial charge is 0.494 e. The third-order valence-electron chi connectivity index (χ3n) is 2.51. The minimum Gasteiger partial charge on any atom is -0.494 e. The van der Waals surface area contributed by atoms with Gasteiger partial charge in [0, 0.05) is 6.54 Å². The smallest absolute Gasteiger partial charge is 0.123 e. The van der Waals surface area contributed by atoms with Crippen molar-refractivity contribution in [3.05, 3.63) is 30.1 Å². The molecule has 0 saturated heterocycles. The Labute approximate surface area is 102 Å². The van der Waals surface area contributed by atoms with Gasteiger partial charge in [-0.05, 0) is 57.2 Å². The second-order valence-corrected chi connectivity index (χ2v) is 4.10. The van der Waals surface area contributed by atoms with Crippen LogP contribution in [-0.2, 0) is 0 Å². The van der Waals surface area contributed by atoms with Crippen molar-refractivity contribution in [3.8, 4) is 5.75 Å². The van der Waals surface area contributed by atoms with E-state index < -0.39 is 0 Å². The first-order valence-electron chi connectivity index (χ1n) is 5.99. The van der Waals surface area contributed by atoms with Gasteiger partial charge in [0.25, 0.3) is 0 Å². The van der Waals surface area contributed by atoms with Crippen molar-refractivity contribution >= 4 is 0 Å². The Hall–Kier alpha value is -1.13. The molecular weight excluding hydrogens is 219 g/mol. The molecule has 96 valence electrons. The van der Waals surface area contributed by atoms with Crippen LogP contribution in [0.2, 0.25) is 0 Å². The summed E-state index contributed by atoms with van der Waals surface area (Å²) in [6.45, 7) is 3.39. The van der Waals surface area contributed by atoms with Crippen LogP contribution in [0, 0.1) is 5.82 Å². The molecule has 1 aromatic rings. The summed E-state index contributed by atoms with van der Waals surface area (Å²) in [4.78, 5) is 2.24. The van der Waals surface area contributed by atoms with Gasteiger partial charge in [0.2, 0.25) is 0 Å². The lowest BCUT2D eigenvalue weighted by molar-refractivity contribution is 0.261. The molecule has 0 amide bonds. The molecule has 0 saturated carbocycles. The normalized spacial score (nSPS) is 10.8. The quantitative estimate of drug-likeness (QED) is 0.705. The standard InChI is InChI=1S/C13H21FN2O/c1-16(9-2-8-15)10-3-11-17-13-6-4-12(14)5-7-13/h4-7H,2-3,8-11,15H2,1H3. The lowest BCUT2D eigenvalue weighted by Gasteiger charge is -2.15. The van der Waals surface area contributed by atoms with E-state index in [0.29, 0.717) is 6.61 Å². The molecule has 0 radical (unpaired) electrons. The third kappa shape index (κ3) is 6.24. The maximum absolute atomic E-state index is 12.6. The number of nitrogens with two attached hydrogens (primary N) is 1. The predicted molar refractivity (Wildman–Crippen MR) is 67.7 cm³/mol. The Bertz CT molecular complexity index is 303. The van der Waals surface area contributed by atoms with Gasteiger partial charge in [-0.2, -0.15) is 0 Å². The summed E-state index contributed by atoms with van der Waals surface area (Å²) in [7, 11) is 2.08. The molecule has 4 heteroatoms. The lowest BCUT2D eigenvalue weighted by Crippen LogP contribution is -2.24. The lowest BCUT2D eigenvalue weighted by atomic mass is 10.3. The predicted octanol–water partition coefficient (Wildman–Crippen LogP) is 1.88. The van der Waals surface area contributed by atoms with E-state index in [1.54, 1.807) is 12.1 Å². The highest BCUT2D eigenvalue weighted by atomic mass is 19.1. The molecule has 0 aliphatic heterocycles. The first kappa shape index (κ1) is 13.9. The van der Waals surface area contributed by atoms with E-state index in [9.17, 15) is 4.39 Å². The molecule has 0 atom stereocenters. The van der Waals surface area contributed by atoms with Crippen LogP contribution in [0.25, 0.3) is 0 Å². The molecule has 0 fully saturated rings. The summed E-state index contributed by atoms with van der Waals surface area (Å²) < 4.78 is 18.1. The number of rotatable bonds is 8. The second-order valence-electron chi connectivity index (χ2n) is 4.10. The molecule has 0 unspecified atom stereocenters. The van der Waals surface area contributed by atoms with Gasteiger partial charge in [0.05, 0.1) is 6.61 Å². The summed E-state index contributed by atoms with van der Waals surface area (Å²) in [5, 5.41) is 0. The molecule has 0 bridgehead atoms. The highest BCUT2D eigenvalue weighted by Gasteiger charge is 1.98. The van der Waals surface area contributed by atoms with Crippen LogP contribution < -0.4 is 10.5 Å². The van der Waals surface area contributed by atoms with Crippen molar-refractivity contribution in [1.82, 2.24) is 4.90 Å². The summed E-state index contributed by atoms with van der Waals surface area (Å²) in [5.41, 5.74) is 5.44. The van der Waals surface area contributed by atoms with E-state index in [2.05, 4.69) is 11.9 Å². The van der Waals surface area contributed by atoms with Gasteiger partial charge >= 0.3 is 0 Å². The van der Waals surface area contributed by atoms with Crippen molar-refractivity contribution in [2.24, 2.45) is 5.73 Å². The van der Waals surface area contributed by atoms with Gasteiger partial charge in [0.15, 0.2) is 0 Å². The minimum absolute atomic E-state index is 0.237. The Morgan fingerprint density at radius 2 is 1.82 bits per heavy atom. The summed E-state index contributed by atoms with van der Waals surface area (Å²) in [6, 6.07) is 6.10. The number of benzene rings is 1. The van der Waals surface area contributed by atoms with Gasteiger partial charge in [-0.25, -0.2) is 4.39 Å². The van der Waals surface area contributed by atoms with Crippen molar-refractivity contribution in [1.29, 1.82) is 0 Å². The van der Waals surface area contributed by atoms with E-state index >= 15 is 0 Å². The first-order chi connectivity index (χ1) is 8.22. The second kappa shape index (κ2) is 8.03. The highest BCUT2D eigenvalue weighted by Crippen LogP contribution is 2.11. The van der Waals surface area contributed by atoms with E-state index in [1.165, 1.54) is 12.1 Å². The van der Waals surface area contributed by atoms with Crippen LogP contribution in [0.3, 0.4) is 0 Å². The average molecular weight is 240 g/mol. The summed E-state index contributed by atoms with van der Waals surface area (Å²) in [6.07, 6.45) is 1.98. The molecule has 0 aliphatic rings. The topological polar surface area (TPSA) is 38.5 Å². The van der Waals surface area contributed by atoms with E-state index in [4.69, 9.17) is 10.5 Å². The zero-order valence-corrected chi connectivity index (χ0v) is 10.4. The summed E-state index contributed by atoms with van der Waals surface area (Å²) >= 11 is 0. The first-order valence-corrected chi connectivity index (χ1v) is 5.99. The third-order valence-corrected chi connectivity index (χ3v) is 2.51. The molecular formula is C13H21FN2O. The molecule has 17 heavy (non-hydrogen) atoms. The SMILES string of the molecule is CN(CCCN)CCCOc1ccc(F)cc1.